The number of fused-ring (bicyclic) bond motifs is 1. The maximum Gasteiger partial charge on any atom is 0.313 e. The van der Waals surface area contributed by atoms with E-state index in [0.717, 1.165) is 5.56 Å². The number of carbonyl (C=O) groups excluding carboxylic acids is 2. The van der Waals surface area contributed by atoms with E-state index >= 15 is 0 Å². The Morgan fingerprint density at radius 3 is 2.59 bits per heavy atom. The van der Waals surface area contributed by atoms with Crippen LogP contribution in [0.1, 0.15) is 13.3 Å². The highest BCUT2D eigenvalue weighted by Crippen LogP contribution is 2.31. The van der Waals surface area contributed by atoms with E-state index < -0.39 is 5.97 Å². The number of carbonyl (C=O) groups is 2. The van der Waals surface area contributed by atoms with Crippen molar-refractivity contribution in [3.8, 4) is 22.9 Å². The number of hydrogen-bond donors (Lipinski definition) is 0. The zero-order chi connectivity index (χ0) is 20.8. The highest BCUT2D eigenvalue weighted by atomic mass is 32.2. The van der Waals surface area contributed by atoms with Gasteiger partial charge in [-0.15, -0.1) is 10.2 Å². The van der Waals surface area contributed by atoms with Gasteiger partial charge >= 0.3 is 5.97 Å². The van der Waals surface area contributed by atoms with E-state index in [4.69, 9.17) is 14.2 Å². The van der Waals surface area contributed by atoms with Gasteiger partial charge in [0, 0.05) is 5.56 Å². The number of thioether (sulfide) groups is 1. The molecule has 3 rings (SSSR count). The van der Waals surface area contributed by atoms with Crippen LogP contribution in [0.2, 0.25) is 0 Å². The van der Waals surface area contributed by atoms with Crippen LogP contribution in [0.3, 0.4) is 0 Å². The molecule has 0 amide bonds. The molecule has 0 aliphatic heterocycles. The summed E-state index contributed by atoms with van der Waals surface area (Å²) in [5, 5.41) is 13.5. The van der Waals surface area contributed by atoms with Crippen LogP contribution in [0.5, 0.6) is 11.5 Å². The lowest BCUT2D eigenvalue weighted by Gasteiger charge is -2.08. The fourth-order valence-corrected chi connectivity index (χ4v) is 3.30. The van der Waals surface area contributed by atoms with Crippen LogP contribution in [-0.2, 0) is 14.3 Å². The standard InChI is InChI=1S/C19H20N4O5S/c1-4-28-18(25)10-13(24)11-29-17-8-7-16-20-21-19(23(16)22-17)12-5-6-14(26-2)15(9-12)27-3/h5-9H,4,10-11H2,1-3H3. The van der Waals surface area contributed by atoms with E-state index in [2.05, 4.69) is 15.3 Å². The second kappa shape index (κ2) is 9.37. The molecular formula is C19H20N4O5S. The van der Waals surface area contributed by atoms with E-state index in [1.54, 1.807) is 49.9 Å². The number of ketones is 1. The summed E-state index contributed by atoms with van der Waals surface area (Å²) in [6, 6.07) is 8.93. The van der Waals surface area contributed by atoms with E-state index in [-0.39, 0.29) is 24.6 Å². The third kappa shape index (κ3) is 4.83. The molecule has 0 aliphatic rings. The Bertz CT molecular complexity index is 1040. The maximum atomic E-state index is 11.9. The summed E-state index contributed by atoms with van der Waals surface area (Å²) in [5.74, 6) is 1.08. The number of nitrogens with zero attached hydrogens (tertiary/aromatic N) is 4. The molecule has 10 heteroatoms. The van der Waals surface area contributed by atoms with Gasteiger partial charge in [-0.25, -0.2) is 0 Å². The summed E-state index contributed by atoms with van der Waals surface area (Å²) in [7, 11) is 3.13. The monoisotopic (exact) mass is 416 g/mol. The average molecular weight is 416 g/mol. The van der Waals surface area contributed by atoms with Gasteiger partial charge in [-0.3, -0.25) is 9.59 Å². The third-order valence-electron chi connectivity index (χ3n) is 3.91. The van der Waals surface area contributed by atoms with Gasteiger partial charge in [0.05, 0.1) is 26.6 Å². The van der Waals surface area contributed by atoms with Crippen LogP contribution in [0.4, 0.5) is 0 Å². The number of benzene rings is 1. The molecule has 29 heavy (non-hydrogen) atoms. The van der Waals surface area contributed by atoms with Crippen LogP contribution in [0.25, 0.3) is 17.0 Å². The van der Waals surface area contributed by atoms with E-state index in [1.807, 2.05) is 6.07 Å². The molecule has 2 heterocycles. The van der Waals surface area contributed by atoms with Gasteiger partial charge in [0.2, 0.25) is 0 Å². The van der Waals surface area contributed by atoms with Crippen molar-refractivity contribution >= 4 is 29.2 Å². The summed E-state index contributed by atoms with van der Waals surface area (Å²) in [5.41, 5.74) is 1.32. The fourth-order valence-electron chi connectivity index (χ4n) is 2.58. The molecule has 0 saturated heterocycles. The quantitative estimate of drug-likeness (QED) is 0.295. The Morgan fingerprint density at radius 2 is 1.86 bits per heavy atom. The van der Waals surface area contributed by atoms with Gasteiger partial charge < -0.3 is 14.2 Å². The Labute approximate surface area is 171 Å². The van der Waals surface area contributed by atoms with Crippen molar-refractivity contribution in [2.45, 2.75) is 18.4 Å². The first-order valence-corrected chi connectivity index (χ1v) is 9.79. The molecule has 2 aromatic heterocycles. The lowest BCUT2D eigenvalue weighted by molar-refractivity contribution is -0.145. The van der Waals surface area contributed by atoms with Crippen molar-refractivity contribution in [1.29, 1.82) is 0 Å². The van der Waals surface area contributed by atoms with E-state index in [9.17, 15) is 9.59 Å². The summed E-state index contributed by atoms with van der Waals surface area (Å²) < 4.78 is 17.0. The zero-order valence-electron chi connectivity index (χ0n) is 16.2. The first-order chi connectivity index (χ1) is 14.0. The Balaban J connectivity index is 1.80. The predicted octanol–water partition coefficient (Wildman–Crippen LogP) is 2.42. The van der Waals surface area contributed by atoms with Crippen molar-refractivity contribution in [3.63, 3.8) is 0 Å². The van der Waals surface area contributed by atoms with Crippen LogP contribution in [-0.4, -0.2) is 58.1 Å². The van der Waals surface area contributed by atoms with Crippen molar-refractivity contribution in [1.82, 2.24) is 19.8 Å². The van der Waals surface area contributed by atoms with Gasteiger partial charge in [-0.2, -0.15) is 9.61 Å². The summed E-state index contributed by atoms with van der Waals surface area (Å²) in [4.78, 5) is 23.3. The highest BCUT2D eigenvalue weighted by Gasteiger charge is 2.15. The number of ether oxygens (including phenoxy) is 3. The molecule has 0 spiro atoms. The first-order valence-electron chi connectivity index (χ1n) is 8.80. The SMILES string of the molecule is CCOC(=O)CC(=O)CSc1ccc2nnc(-c3ccc(OC)c(OC)c3)n2n1. The number of hydrogen-bond acceptors (Lipinski definition) is 9. The molecule has 1 aromatic carbocycles. The van der Waals surface area contributed by atoms with E-state index in [1.165, 1.54) is 11.8 Å². The third-order valence-corrected chi connectivity index (χ3v) is 4.89. The van der Waals surface area contributed by atoms with Gasteiger partial charge in [-0.05, 0) is 37.3 Å². The minimum Gasteiger partial charge on any atom is -0.493 e. The maximum absolute atomic E-state index is 11.9. The molecule has 9 nitrogen and oxygen atoms in total. The molecule has 0 radical (unpaired) electrons. The molecular weight excluding hydrogens is 396 g/mol. The number of methoxy groups -OCH3 is 2. The first kappa shape index (κ1) is 20.6. The smallest absolute Gasteiger partial charge is 0.313 e. The van der Waals surface area contributed by atoms with E-state index in [0.29, 0.717) is 28.0 Å². The lowest BCUT2D eigenvalue weighted by atomic mass is 10.2. The minimum absolute atomic E-state index is 0.116. The average Bonchev–Trinajstić information content (AvgIpc) is 3.15. The van der Waals surface area contributed by atoms with Gasteiger partial charge in [0.25, 0.3) is 0 Å². The number of esters is 1. The van der Waals surface area contributed by atoms with Crippen LogP contribution in [0, 0.1) is 0 Å². The molecule has 0 fully saturated rings. The Hall–Kier alpha value is -3.14. The number of Topliss-reactive ketones (excluding diaryl/α,β-unsaturated/α-hetero) is 1. The summed E-state index contributed by atoms with van der Waals surface area (Å²) in [6.45, 7) is 1.95. The van der Waals surface area contributed by atoms with Crippen LogP contribution >= 0.6 is 11.8 Å². The van der Waals surface area contributed by atoms with Crippen molar-refractivity contribution in [3.05, 3.63) is 30.3 Å². The van der Waals surface area contributed by atoms with Crippen LogP contribution < -0.4 is 9.47 Å². The minimum atomic E-state index is -0.518. The second-order valence-electron chi connectivity index (χ2n) is 5.84. The molecule has 0 atom stereocenters. The van der Waals surface area contributed by atoms with Crippen molar-refractivity contribution in [2.24, 2.45) is 0 Å². The Morgan fingerprint density at radius 1 is 1.07 bits per heavy atom. The molecule has 0 saturated carbocycles. The van der Waals surface area contributed by atoms with Gasteiger partial charge in [0.15, 0.2) is 28.8 Å². The van der Waals surface area contributed by atoms with Crippen molar-refractivity contribution < 1.29 is 23.8 Å². The lowest BCUT2D eigenvalue weighted by Crippen LogP contribution is -2.12. The molecule has 0 aliphatic carbocycles. The number of rotatable bonds is 9. The van der Waals surface area contributed by atoms with Gasteiger partial charge in [0.1, 0.15) is 11.4 Å². The Kier molecular flexibility index (Phi) is 6.65. The van der Waals surface area contributed by atoms with Crippen LogP contribution in [0.15, 0.2) is 35.4 Å². The molecule has 0 bridgehead atoms. The highest BCUT2D eigenvalue weighted by molar-refractivity contribution is 7.99. The topological polar surface area (TPSA) is 105 Å². The molecule has 3 aromatic rings. The summed E-state index contributed by atoms with van der Waals surface area (Å²) >= 11 is 1.23. The number of aromatic nitrogens is 4. The van der Waals surface area contributed by atoms with Gasteiger partial charge in [-0.1, -0.05) is 11.8 Å². The molecule has 152 valence electrons. The second-order valence-corrected chi connectivity index (χ2v) is 6.84. The van der Waals surface area contributed by atoms with Crippen molar-refractivity contribution in [2.75, 3.05) is 26.6 Å². The molecule has 0 unspecified atom stereocenters. The molecule has 0 N–H and O–H groups in total. The zero-order valence-corrected chi connectivity index (χ0v) is 17.1. The predicted molar refractivity (Wildman–Crippen MR) is 106 cm³/mol. The summed E-state index contributed by atoms with van der Waals surface area (Å²) in [6.07, 6.45) is -0.243. The normalized spacial score (nSPS) is 10.7. The largest absolute Gasteiger partial charge is 0.493 e. The fraction of sp³-hybridized carbons (Fsp3) is 0.316.